The van der Waals surface area contributed by atoms with E-state index < -0.39 is 11.6 Å². The third-order valence-electron chi connectivity index (χ3n) is 3.09. The molecule has 1 aliphatic heterocycles. The molecule has 1 amide bonds. The van der Waals surface area contributed by atoms with Gasteiger partial charge in [-0.05, 0) is 19.1 Å². The molecule has 1 aromatic rings. The van der Waals surface area contributed by atoms with E-state index in [-0.39, 0.29) is 5.56 Å². The average Bonchev–Trinajstić information content (AvgIpc) is 2.35. The van der Waals surface area contributed by atoms with Crippen molar-refractivity contribution < 1.29 is 13.6 Å². The minimum Gasteiger partial charge on any atom is -0.368 e. The van der Waals surface area contributed by atoms with Crippen LogP contribution in [0.25, 0.3) is 0 Å². The van der Waals surface area contributed by atoms with Gasteiger partial charge in [0.2, 0.25) is 6.41 Å². The molecule has 1 saturated heterocycles. The summed E-state index contributed by atoms with van der Waals surface area (Å²) < 4.78 is 26.8. The molecule has 1 fully saturated rings. The summed E-state index contributed by atoms with van der Waals surface area (Å²) in [7, 11) is 0. The lowest BCUT2D eigenvalue weighted by Crippen LogP contribution is -2.45. The standard InChI is InChI=1S/C12H14F2N2O/c1-9-11(13)6-10(7-12(9)14)16-4-2-15(8-17)3-5-16/h6-8H,2-5H2,1H3. The maximum absolute atomic E-state index is 13.4. The number of anilines is 1. The Balaban J connectivity index is 2.16. The van der Waals surface area contributed by atoms with Crippen molar-refractivity contribution in [2.24, 2.45) is 0 Å². The molecule has 17 heavy (non-hydrogen) atoms. The summed E-state index contributed by atoms with van der Waals surface area (Å²) in [4.78, 5) is 14.1. The number of halogens is 2. The van der Waals surface area contributed by atoms with E-state index in [1.54, 1.807) is 4.90 Å². The smallest absolute Gasteiger partial charge is 0.209 e. The molecule has 5 heteroatoms. The zero-order valence-corrected chi connectivity index (χ0v) is 9.62. The number of piperazine rings is 1. The highest BCUT2D eigenvalue weighted by molar-refractivity contribution is 5.52. The number of hydrogen-bond acceptors (Lipinski definition) is 2. The van der Waals surface area contributed by atoms with Crippen molar-refractivity contribution in [3.63, 3.8) is 0 Å². The molecule has 0 atom stereocenters. The highest BCUT2D eigenvalue weighted by Crippen LogP contribution is 2.22. The molecule has 92 valence electrons. The number of hydrogen-bond donors (Lipinski definition) is 0. The topological polar surface area (TPSA) is 23.6 Å². The van der Waals surface area contributed by atoms with Crippen LogP contribution >= 0.6 is 0 Å². The van der Waals surface area contributed by atoms with Crippen molar-refractivity contribution in [1.29, 1.82) is 0 Å². The minimum atomic E-state index is -0.530. The molecule has 2 rings (SSSR count). The van der Waals surface area contributed by atoms with Gasteiger partial charge in [0, 0.05) is 37.4 Å². The third-order valence-corrected chi connectivity index (χ3v) is 3.09. The largest absolute Gasteiger partial charge is 0.368 e. The fourth-order valence-electron chi connectivity index (χ4n) is 1.90. The fourth-order valence-corrected chi connectivity index (χ4v) is 1.90. The van der Waals surface area contributed by atoms with E-state index in [1.165, 1.54) is 19.1 Å². The lowest BCUT2D eigenvalue weighted by Gasteiger charge is -2.34. The molecule has 0 N–H and O–H groups in total. The Morgan fingerprint density at radius 1 is 1.12 bits per heavy atom. The highest BCUT2D eigenvalue weighted by Gasteiger charge is 2.17. The van der Waals surface area contributed by atoms with Crippen molar-refractivity contribution in [2.45, 2.75) is 6.92 Å². The van der Waals surface area contributed by atoms with E-state index in [2.05, 4.69) is 0 Å². The third kappa shape index (κ3) is 2.38. The van der Waals surface area contributed by atoms with E-state index in [0.717, 1.165) is 6.41 Å². The molecular weight excluding hydrogens is 226 g/mol. The number of nitrogens with zero attached hydrogens (tertiary/aromatic N) is 2. The summed E-state index contributed by atoms with van der Waals surface area (Å²) in [5.74, 6) is -1.06. The van der Waals surface area contributed by atoms with Gasteiger partial charge in [-0.15, -0.1) is 0 Å². The van der Waals surface area contributed by atoms with Gasteiger partial charge in [-0.25, -0.2) is 8.78 Å². The van der Waals surface area contributed by atoms with Crippen LogP contribution in [-0.2, 0) is 4.79 Å². The number of carbonyl (C=O) groups excluding carboxylic acids is 1. The molecule has 0 unspecified atom stereocenters. The van der Waals surface area contributed by atoms with Gasteiger partial charge in [-0.2, -0.15) is 0 Å². The van der Waals surface area contributed by atoms with Crippen LogP contribution in [-0.4, -0.2) is 37.5 Å². The van der Waals surface area contributed by atoms with Crippen LogP contribution in [0.1, 0.15) is 5.56 Å². The van der Waals surface area contributed by atoms with Gasteiger partial charge in [0.1, 0.15) is 11.6 Å². The fraction of sp³-hybridized carbons (Fsp3) is 0.417. The molecule has 1 aromatic carbocycles. The minimum absolute atomic E-state index is 0.0419. The van der Waals surface area contributed by atoms with Crippen molar-refractivity contribution in [3.05, 3.63) is 29.3 Å². The average molecular weight is 240 g/mol. The molecule has 1 heterocycles. The van der Waals surface area contributed by atoms with Gasteiger partial charge in [0.05, 0.1) is 0 Å². The van der Waals surface area contributed by atoms with Gasteiger partial charge in [-0.1, -0.05) is 0 Å². The number of rotatable bonds is 2. The number of amides is 1. The summed E-state index contributed by atoms with van der Waals surface area (Å²) in [5.41, 5.74) is 0.580. The van der Waals surface area contributed by atoms with Crippen LogP contribution < -0.4 is 4.90 Å². The monoisotopic (exact) mass is 240 g/mol. The molecule has 0 aromatic heterocycles. The summed E-state index contributed by atoms with van der Waals surface area (Å²) in [6.07, 6.45) is 0.799. The number of benzene rings is 1. The first-order valence-corrected chi connectivity index (χ1v) is 5.52. The van der Waals surface area contributed by atoms with Gasteiger partial charge in [0.15, 0.2) is 0 Å². The van der Waals surface area contributed by atoms with Crippen LogP contribution in [0.15, 0.2) is 12.1 Å². The molecule has 0 spiro atoms. The van der Waals surface area contributed by atoms with Gasteiger partial charge >= 0.3 is 0 Å². The van der Waals surface area contributed by atoms with Crippen LogP contribution in [0.3, 0.4) is 0 Å². The van der Waals surface area contributed by atoms with Gasteiger partial charge < -0.3 is 9.80 Å². The zero-order valence-electron chi connectivity index (χ0n) is 9.62. The second-order valence-corrected chi connectivity index (χ2v) is 4.16. The summed E-state index contributed by atoms with van der Waals surface area (Å²) >= 11 is 0. The van der Waals surface area contributed by atoms with Crippen molar-refractivity contribution in [3.8, 4) is 0 Å². The highest BCUT2D eigenvalue weighted by atomic mass is 19.1. The van der Waals surface area contributed by atoms with Crippen LogP contribution in [0.5, 0.6) is 0 Å². The van der Waals surface area contributed by atoms with E-state index >= 15 is 0 Å². The number of carbonyl (C=O) groups is 1. The molecule has 0 saturated carbocycles. The molecule has 0 bridgehead atoms. The Kier molecular flexibility index (Phi) is 3.26. The van der Waals surface area contributed by atoms with Crippen LogP contribution in [0, 0.1) is 18.6 Å². The first kappa shape index (κ1) is 11.8. The summed E-state index contributed by atoms with van der Waals surface area (Å²) in [6, 6.07) is 2.68. The van der Waals surface area contributed by atoms with Crippen molar-refractivity contribution >= 4 is 12.1 Å². The Hall–Kier alpha value is -1.65. The second-order valence-electron chi connectivity index (χ2n) is 4.16. The summed E-state index contributed by atoms with van der Waals surface area (Å²) in [5, 5.41) is 0. The van der Waals surface area contributed by atoms with E-state index in [4.69, 9.17) is 0 Å². The first-order valence-electron chi connectivity index (χ1n) is 5.52. The second kappa shape index (κ2) is 4.69. The quantitative estimate of drug-likeness (QED) is 0.732. The zero-order chi connectivity index (χ0) is 12.4. The van der Waals surface area contributed by atoms with E-state index in [9.17, 15) is 13.6 Å². The normalized spacial score (nSPS) is 16.2. The maximum Gasteiger partial charge on any atom is 0.209 e. The SMILES string of the molecule is Cc1c(F)cc(N2CCN(C=O)CC2)cc1F. The molecule has 1 aliphatic rings. The predicted molar refractivity (Wildman–Crippen MR) is 60.9 cm³/mol. The Bertz CT molecular complexity index is 406. The molecular formula is C12H14F2N2O. The van der Waals surface area contributed by atoms with Crippen molar-refractivity contribution in [1.82, 2.24) is 4.90 Å². The molecule has 0 aliphatic carbocycles. The van der Waals surface area contributed by atoms with Gasteiger partial charge in [-0.3, -0.25) is 4.79 Å². The lowest BCUT2D eigenvalue weighted by molar-refractivity contribution is -0.118. The van der Waals surface area contributed by atoms with E-state index in [0.29, 0.717) is 31.9 Å². The molecule has 0 radical (unpaired) electrons. The Morgan fingerprint density at radius 3 is 2.12 bits per heavy atom. The Morgan fingerprint density at radius 2 is 1.65 bits per heavy atom. The van der Waals surface area contributed by atoms with E-state index in [1.807, 2.05) is 4.90 Å². The van der Waals surface area contributed by atoms with Crippen molar-refractivity contribution in [2.75, 3.05) is 31.1 Å². The first-order chi connectivity index (χ1) is 8.11. The maximum atomic E-state index is 13.4. The predicted octanol–water partition coefficient (Wildman–Crippen LogP) is 1.55. The van der Waals surface area contributed by atoms with Crippen LogP contribution in [0.2, 0.25) is 0 Å². The van der Waals surface area contributed by atoms with Gasteiger partial charge in [0.25, 0.3) is 0 Å². The van der Waals surface area contributed by atoms with Crippen LogP contribution in [0.4, 0.5) is 14.5 Å². The Labute approximate surface area is 98.6 Å². The molecule has 3 nitrogen and oxygen atoms in total. The lowest BCUT2D eigenvalue weighted by atomic mass is 10.1. The summed E-state index contributed by atoms with van der Waals surface area (Å²) in [6.45, 7) is 3.78.